The van der Waals surface area contributed by atoms with Crippen LogP contribution in [0.15, 0.2) is 28.7 Å². The number of urea groups is 1. The second-order valence-corrected chi connectivity index (χ2v) is 2.54. The normalized spacial score (nSPS) is 10.6. The van der Waals surface area contributed by atoms with E-state index in [-0.39, 0.29) is 11.8 Å². The molecular formula is C7H10N8O. The summed E-state index contributed by atoms with van der Waals surface area (Å²) < 4.78 is 0. The molecule has 0 spiro atoms. The summed E-state index contributed by atoms with van der Waals surface area (Å²) in [5, 5.41) is 3.58. The van der Waals surface area contributed by atoms with Crippen LogP contribution >= 0.6 is 0 Å². The quantitative estimate of drug-likeness (QED) is 0.260. The molecule has 0 radical (unpaired) electrons. The van der Waals surface area contributed by atoms with Crippen LogP contribution in [0.4, 0.5) is 4.79 Å². The van der Waals surface area contributed by atoms with Crippen molar-refractivity contribution in [2.45, 2.75) is 0 Å². The molecule has 0 saturated heterocycles. The fourth-order valence-electron chi connectivity index (χ4n) is 0.784. The Balaban J connectivity index is 3.02. The van der Waals surface area contributed by atoms with Crippen LogP contribution in [0.1, 0.15) is 5.69 Å². The second-order valence-electron chi connectivity index (χ2n) is 2.54. The zero-order chi connectivity index (χ0) is 12.0. The van der Waals surface area contributed by atoms with Gasteiger partial charge in [0.05, 0.1) is 6.20 Å². The van der Waals surface area contributed by atoms with E-state index in [4.69, 9.17) is 17.2 Å². The van der Waals surface area contributed by atoms with E-state index in [9.17, 15) is 4.79 Å². The summed E-state index contributed by atoms with van der Waals surface area (Å²) in [6.07, 6.45) is 4.28. The van der Waals surface area contributed by atoms with Gasteiger partial charge in [0.25, 0.3) is 0 Å². The number of carbonyl (C=O) groups excluding carboxylic acids is 1. The Bertz CT molecular complexity index is 421. The Hall–Kier alpha value is -2.71. The summed E-state index contributed by atoms with van der Waals surface area (Å²) in [5.41, 5.74) is 17.5. The highest BCUT2D eigenvalue weighted by Gasteiger charge is 2.04. The van der Waals surface area contributed by atoms with Gasteiger partial charge in [-0.1, -0.05) is 0 Å². The largest absolute Gasteiger partial charge is 0.370 e. The molecule has 0 atom stereocenters. The van der Waals surface area contributed by atoms with Gasteiger partial charge in [-0.3, -0.25) is 4.98 Å². The first-order valence-electron chi connectivity index (χ1n) is 4.08. The molecule has 1 aromatic heterocycles. The fraction of sp³-hybridized carbons (Fsp3) is 0. The van der Waals surface area contributed by atoms with Gasteiger partial charge in [0.15, 0.2) is 5.96 Å². The lowest BCUT2D eigenvalue weighted by Crippen LogP contribution is -2.28. The van der Waals surface area contributed by atoms with E-state index >= 15 is 0 Å². The van der Waals surface area contributed by atoms with E-state index in [0.717, 1.165) is 0 Å². The van der Waals surface area contributed by atoms with Gasteiger partial charge in [0.2, 0.25) is 5.84 Å². The number of amides is 2. The molecule has 0 unspecified atom stereocenters. The molecule has 1 aromatic rings. The number of primary amides is 1. The van der Waals surface area contributed by atoms with Crippen LogP contribution in [0.5, 0.6) is 0 Å². The van der Waals surface area contributed by atoms with Gasteiger partial charge >= 0.3 is 6.03 Å². The first kappa shape index (κ1) is 11.4. The summed E-state index contributed by atoms with van der Waals surface area (Å²) in [5.74, 6) is -0.220. The molecule has 0 bridgehead atoms. The molecule has 7 N–H and O–H groups in total. The van der Waals surface area contributed by atoms with Gasteiger partial charge in [-0.25, -0.2) is 15.2 Å². The topological polar surface area (TPSA) is 158 Å². The van der Waals surface area contributed by atoms with Crippen molar-refractivity contribution in [2.75, 3.05) is 0 Å². The van der Waals surface area contributed by atoms with Crippen LogP contribution in [-0.2, 0) is 0 Å². The third kappa shape index (κ3) is 3.57. The van der Waals surface area contributed by atoms with E-state index in [2.05, 4.69) is 20.1 Å². The standard InChI is InChI=1S/C7H10N8O/c8-6(9)13-5(14-15-7(10)16)4-3-11-1-2-12-4/h1-3H,(H3,10,15,16)(H4,8,9,13,14). The number of aromatic nitrogens is 2. The van der Waals surface area contributed by atoms with Crippen molar-refractivity contribution in [3.05, 3.63) is 24.3 Å². The first-order chi connectivity index (χ1) is 7.59. The number of nitrogens with zero attached hydrogens (tertiary/aromatic N) is 4. The van der Waals surface area contributed by atoms with Crippen molar-refractivity contribution in [3.63, 3.8) is 0 Å². The number of amidine groups is 1. The van der Waals surface area contributed by atoms with Crippen LogP contribution in [0.3, 0.4) is 0 Å². The van der Waals surface area contributed by atoms with E-state index in [1.807, 2.05) is 5.43 Å². The zero-order valence-corrected chi connectivity index (χ0v) is 8.16. The van der Waals surface area contributed by atoms with Crippen LogP contribution in [0.2, 0.25) is 0 Å². The number of rotatable bonds is 2. The number of nitrogens with two attached hydrogens (primary N) is 3. The first-order valence-corrected chi connectivity index (χ1v) is 4.08. The molecule has 0 saturated carbocycles. The summed E-state index contributed by atoms with van der Waals surface area (Å²) in [4.78, 5) is 21.9. The van der Waals surface area contributed by atoms with Crippen molar-refractivity contribution in [3.8, 4) is 0 Å². The molecule has 0 aliphatic heterocycles. The monoisotopic (exact) mass is 222 g/mol. The lowest BCUT2D eigenvalue weighted by Gasteiger charge is -2.00. The van der Waals surface area contributed by atoms with Crippen molar-refractivity contribution < 1.29 is 4.79 Å². The lowest BCUT2D eigenvalue weighted by atomic mass is 10.4. The SMILES string of the molecule is NC(=O)NN=C(N=C(N)N)c1cnccn1. The van der Waals surface area contributed by atoms with E-state index in [0.29, 0.717) is 5.69 Å². The van der Waals surface area contributed by atoms with Crippen LogP contribution in [0.25, 0.3) is 0 Å². The van der Waals surface area contributed by atoms with Crippen LogP contribution < -0.4 is 22.6 Å². The number of carbonyl (C=O) groups is 1. The number of aliphatic imine (C=N–C) groups is 1. The Morgan fingerprint density at radius 3 is 2.56 bits per heavy atom. The minimum Gasteiger partial charge on any atom is -0.370 e. The Morgan fingerprint density at radius 2 is 2.06 bits per heavy atom. The molecular weight excluding hydrogens is 212 g/mol. The molecule has 16 heavy (non-hydrogen) atoms. The van der Waals surface area contributed by atoms with Crippen LogP contribution in [0, 0.1) is 0 Å². The third-order valence-electron chi connectivity index (χ3n) is 1.30. The third-order valence-corrected chi connectivity index (χ3v) is 1.30. The molecule has 1 heterocycles. The predicted molar refractivity (Wildman–Crippen MR) is 57.1 cm³/mol. The highest BCUT2D eigenvalue weighted by Crippen LogP contribution is 1.95. The minimum atomic E-state index is -0.841. The number of hydrogen-bond donors (Lipinski definition) is 4. The smallest absolute Gasteiger partial charge is 0.332 e. The maximum Gasteiger partial charge on any atom is 0.332 e. The Kier molecular flexibility index (Phi) is 3.72. The summed E-state index contributed by atoms with van der Waals surface area (Å²) in [6, 6.07) is -0.841. The Labute approximate surface area is 90.5 Å². The Morgan fingerprint density at radius 1 is 1.31 bits per heavy atom. The lowest BCUT2D eigenvalue weighted by molar-refractivity contribution is 0.249. The summed E-state index contributed by atoms with van der Waals surface area (Å²) in [7, 11) is 0. The maximum atomic E-state index is 10.5. The fourth-order valence-corrected chi connectivity index (χ4v) is 0.784. The molecule has 0 aliphatic rings. The van der Waals surface area contributed by atoms with Crippen molar-refractivity contribution in [1.29, 1.82) is 0 Å². The van der Waals surface area contributed by atoms with Crippen LogP contribution in [-0.4, -0.2) is 27.8 Å². The maximum absolute atomic E-state index is 10.5. The number of hydrazone groups is 1. The molecule has 0 fully saturated rings. The van der Waals surface area contributed by atoms with Gasteiger partial charge in [-0.05, 0) is 0 Å². The summed E-state index contributed by atoms with van der Waals surface area (Å²) >= 11 is 0. The van der Waals surface area contributed by atoms with Gasteiger partial charge < -0.3 is 17.2 Å². The summed E-state index contributed by atoms with van der Waals surface area (Å²) in [6.45, 7) is 0. The highest BCUT2D eigenvalue weighted by molar-refractivity contribution is 6.04. The predicted octanol–water partition coefficient (Wildman–Crippen LogP) is -1.92. The number of hydrogen-bond acceptors (Lipinski definition) is 4. The van der Waals surface area contributed by atoms with Crippen molar-refractivity contribution in [1.82, 2.24) is 15.4 Å². The highest BCUT2D eigenvalue weighted by atomic mass is 16.2. The molecule has 0 aliphatic carbocycles. The minimum absolute atomic E-state index is 0.00639. The van der Waals surface area contributed by atoms with E-state index < -0.39 is 6.03 Å². The van der Waals surface area contributed by atoms with Gasteiger partial charge in [0, 0.05) is 12.4 Å². The molecule has 9 nitrogen and oxygen atoms in total. The van der Waals surface area contributed by atoms with Crippen molar-refractivity contribution in [2.24, 2.45) is 27.3 Å². The van der Waals surface area contributed by atoms with Crippen molar-refractivity contribution >= 4 is 17.8 Å². The second kappa shape index (κ2) is 5.24. The van der Waals surface area contributed by atoms with Gasteiger partial charge in [-0.2, -0.15) is 4.99 Å². The average Bonchev–Trinajstić information content (AvgIpc) is 2.25. The number of nitrogens with one attached hydrogen (secondary N) is 1. The van der Waals surface area contributed by atoms with Gasteiger partial charge in [-0.15, -0.1) is 5.10 Å². The van der Waals surface area contributed by atoms with Gasteiger partial charge in [0.1, 0.15) is 5.69 Å². The molecule has 2 amide bonds. The average molecular weight is 222 g/mol. The molecule has 84 valence electrons. The van der Waals surface area contributed by atoms with E-state index in [1.54, 1.807) is 0 Å². The number of guanidine groups is 1. The zero-order valence-electron chi connectivity index (χ0n) is 8.16. The van der Waals surface area contributed by atoms with E-state index in [1.165, 1.54) is 18.6 Å². The molecule has 0 aromatic carbocycles. The molecule has 1 rings (SSSR count). The molecule has 9 heteroatoms.